The highest BCUT2D eigenvalue weighted by atomic mass is 16.6. The highest BCUT2D eigenvalue weighted by molar-refractivity contribution is 5.99. The maximum atomic E-state index is 10.7. The van der Waals surface area contributed by atoms with Crippen LogP contribution in [0.2, 0.25) is 0 Å². The van der Waals surface area contributed by atoms with Crippen molar-refractivity contribution >= 4 is 17.1 Å². The van der Waals surface area contributed by atoms with Gasteiger partial charge in [-0.2, -0.15) is 5.10 Å². The van der Waals surface area contributed by atoms with Crippen LogP contribution in [0.15, 0.2) is 59.7 Å². The van der Waals surface area contributed by atoms with Crippen LogP contribution in [0.3, 0.4) is 0 Å². The molecule has 0 aliphatic carbocycles. The van der Waals surface area contributed by atoms with Gasteiger partial charge in [-0.15, -0.1) is 0 Å². The zero-order valence-corrected chi connectivity index (χ0v) is 10.4. The second-order valence-electron chi connectivity index (χ2n) is 3.98. The molecule has 2 aromatic carbocycles. The molecular weight excluding hydrogens is 242 g/mol. The number of nitrogens with one attached hydrogen (secondary N) is 1. The second-order valence-corrected chi connectivity index (χ2v) is 3.98. The van der Waals surface area contributed by atoms with Crippen molar-refractivity contribution in [3.05, 3.63) is 70.3 Å². The number of nitro groups is 1. The number of hydrogen-bond donors (Lipinski definition) is 1. The van der Waals surface area contributed by atoms with Gasteiger partial charge in [0, 0.05) is 17.7 Å². The Labute approximate surface area is 110 Å². The quantitative estimate of drug-likeness (QED) is 0.517. The van der Waals surface area contributed by atoms with Crippen LogP contribution < -0.4 is 5.43 Å². The molecule has 0 saturated carbocycles. The molecule has 5 heteroatoms. The normalized spacial score (nSPS) is 11.1. The lowest BCUT2D eigenvalue weighted by Gasteiger charge is -2.03. The van der Waals surface area contributed by atoms with Crippen LogP contribution in [0.4, 0.5) is 11.4 Å². The molecule has 0 aliphatic rings. The van der Waals surface area contributed by atoms with E-state index in [4.69, 9.17) is 0 Å². The monoisotopic (exact) mass is 255 g/mol. The zero-order valence-electron chi connectivity index (χ0n) is 10.4. The molecule has 0 spiro atoms. The number of benzene rings is 2. The molecule has 0 atom stereocenters. The molecule has 19 heavy (non-hydrogen) atoms. The van der Waals surface area contributed by atoms with Crippen LogP contribution >= 0.6 is 0 Å². The Morgan fingerprint density at radius 3 is 2.58 bits per heavy atom. The van der Waals surface area contributed by atoms with E-state index in [1.54, 1.807) is 19.1 Å². The lowest BCUT2D eigenvalue weighted by Crippen LogP contribution is -2.00. The fraction of sp³-hybridized carbons (Fsp3) is 0.0714. The summed E-state index contributed by atoms with van der Waals surface area (Å²) in [6.45, 7) is 1.80. The number of rotatable bonds is 4. The summed E-state index contributed by atoms with van der Waals surface area (Å²) in [4.78, 5) is 10.3. The van der Waals surface area contributed by atoms with Gasteiger partial charge in [0.2, 0.25) is 0 Å². The molecule has 5 nitrogen and oxygen atoms in total. The minimum atomic E-state index is -0.415. The Morgan fingerprint density at radius 1 is 1.16 bits per heavy atom. The highest BCUT2D eigenvalue weighted by Crippen LogP contribution is 2.14. The molecule has 0 aromatic heterocycles. The van der Waals surface area contributed by atoms with Crippen molar-refractivity contribution in [3.63, 3.8) is 0 Å². The third-order valence-electron chi connectivity index (χ3n) is 2.60. The van der Waals surface area contributed by atoms with Crippen LogP contribution in [-0.2, 0) is 0 Å². The van der Waals surface area contributed by atoms with Gasteiger partial charge < -0.3 is 0 Å². The third kappa shape index (κ3) is 3.38. The van der Waals surface area contributed by atoms with E-state index >= 15 is 0 Å². The number of hydrogen-bond acceptors (Lipinski definition) is 4. The Morgan fingerprint density at radius 2 is 1.89 bits per heavy atom. The summed E-state index contributed by atoms with van der Waals surface area (Å²) >= 11 is 0. The van der Waals surface area contributed by atoms with Gasteiger partial charge in [-0.05, 0) is 19.1 Å². The molecule has 0 saturated heterocycles. The SMILES string of the molecule is C/C(=N/Nc1ccccc1)c1cccc([N+](=O)[O-])c1. The summed E-state index contributed by atoms with van der Waals surface area (Å²) in [7, 11) is 0. The Bertz CT molecular complexity index is 609. The summed E-state index contributed by atoms with van der Waals surface area (Å²) in [5, 5.41) is 14.9. The number of anilines is 1. The predicted molar refractivity (Wildman–Crippen MR) is 75.4 cm³/mol. The molecule has 0 heterocycles. The first-order valence-electron chi connectivity index (χ1n) is 5.77. The van der Waals surface area contributed by atoms with Gasteiger partial charge in [0.05, 0.1) is 16.3 Å². The number of para-hydroxylation sites is 1. The summed E-state index contributed by atoms with van der Waals surface area (Å²) < 4.78 is 0. The molecule has 0 radical (unpaired) electrons. The summed E-state index contributed by atoms with van der Waals surface area (Å²) in [5.41, 5.74) is 5.25. The number of hydrazone groups is 1. The maximum Gasteiger partial charge on any atom is 0.270 e. The molecule has 0 fully saturated rings. The average molecular weight is 255 g/mol. The number of non-ortho nitro benzene ring substituents is 1. The summed E-state index contributed by atoms with van der Waals surface area (Å²) in [6, 6.07) is 15.9. The average Bonchev–Trinajstić information content (AvgIpc) is 2.46. The van der Waals surface area contributed by atoms with Gasteiger partial charge >= 0.3 is 0 Å². The fourth-order valence-corrected chi connectivity index (χ4v) is 1.57. The molecule has 2 aromatic rings. The molecule has 96 valence electrons. The second kappa shape index (κ2) is 5.77. The maximum absolute atomic E-state index is 10.7. The number of nitrogens with zero attached hydrogens (tertiary/aromatic N) is 2. The van der Waals surface area contributed by atoms with Crippen molar-refractivity contribution in [2.24, 2.45) is 5.10 Å². The number of nitro benzene ring substituents is 1. The smallest absolute Gasteiger partial charge is 0.270 e. The van der Waals surface area contributed by atoms with Crippen molar-refractivity contribution < 1.29 is 4.92 Å². The van der Waals surface area contributed by atoms with E-state index in [0.717, 1.165) is 11.3 Å². The topological polar surface area (TPSA) is 67.5 Å². The fourth-order valence-electron chi connectivity index (χ4n) is 1.57. The van der Waals surface area contributed by atoms with Crippen molar-refractivity contribution in [2.75, 3.05) is 5.43 Å². The Balaban J connectivity index is 2.17. The first-order chi connectivity index (χ1) is 9.16. The van der Waals surface area contributed by atoms with E-state index in [9.17, 15) is 10.1 Å². The van der Waals surface area contributed by atoms with E-state index in [1.807, 2.05) is 30.3 Å². The molecule has 0 unspecified atom stereocenters. The lowest BCUT2D eigenvalue weighted by molar-refractivity contribution is -0.384. The van der Waals surface area contributed by atoms with Gasteiger partial charge in [-0.3, -0.25) is 15.5 Å². The molecule has 0 aliphatic heterocycles. The standard InChI is InChI=1S/C14H13N3O2/c1-11(15-16-13-7-3-2-4-8-13)12-6-5-9-14(10-12)17(18)19/h2-10,16H,1H3/b15-11-. The van der Waals surface area contributed by atoms with Gasteiger partial charge in [0.1, 0.15) is 0 Å². The molecule has 0 bridgehead atoms. The van der Waals surface area contributed by atoms with Crippen LogP contribution in [0.25, 0.3) is 0 Å². The van der Waals surface area contributed by atoms with Gasteiger partial charge in [-0.25, -0.2) is 0 Å². The van der Waals surface area contributed by atoms with Gasteiger partial charge in [-0.1, -0.05) is 30.3 Å². The Kier molecular flexibility index (Phi) is 3.87. The van der Waals surface area contributed by atoms with E-state index in [-0.39, 0.29) is 5.69 Å². The van der Waals surface area contributed by atoms with Crippen LogP contribution in [-0.4, -0.2) is 10.6 Å². The largest absolute Gasteiger partial charge is 0.278 e. The highest BCUT2D eigenvalue weighted by Gasteiger charge is 2.07. The minimum absolute atomic E-state index is 0.0618. The van der Waals surface area contributed by atoms with Gasteiger partial charge in [0.25, 0.3) is 5.69 Å². The molecule has 2 rings (SSSR count). The van der Waals surface area contributed by atoms with Crippen molar-refractivity contribution in [2.45, 2.75) is 6.92 Å². The van der Waals surface area contributed by atoms with Gasteiger partial charge in [0.15, 0.2) is 0 Å². The van der Waals surface area contributed by atoms with Crippen LogP contribution in [0.1, 0.15) is 12.5 Å². The third-order valence-corrected chi connectivity index (χ3v) is 2.60. The van der Waals surface area contributed by atoms with E-state index in [1.165, 1.54) is 12.1 Å². The van der Waals surface area contributed by atoms with Crippen LogP contribution in [0.5, 0.6) is 0 Å². The molecule has 0 amide bonds. The molecule has 1 N–H and O–H groups in total. The van der Waals surface area contributed by atoms with Crippen molar-refractivity contribution in [1.82, 2.24) is 0 Å². The van der Waals surface area contributed by atoms with Crippen molar-refractivity contribution in [3.8, 4) is 0 Å². The minimum Gasteiger partial charge on any atom is -0.278 e. The van der Waals surface area contributed by atoms with E-state index < -0.39 is 4.92 Å². The van der Waals surface area contributed by atoms with Crippen molar-refractivity contribution in [1.29, 1.82) is 0 Å². The first-order valence-corrected chi connectivity index (χ1v) is 5.77. The molecular formula is C14H13N3O2. The summed E-state index contributed by atoms with van der Waals surface area (Å²) in [6.07, 6.45) is 0. The van der Waals surface area contributed by atoms with Crippen LogP contribution in [0, 0.1) is 10.1 Å². The summed E-state index contributed by atoms with van der Waals surface area (Å²) in [5.74, 6) is 0. The predicted octanol–water partition coefficient (Wildman–Crippen LogP) is 3.43. The Hall–Kier alpha value is -2.69. The van der Waals surface area contributed by atoms with E-state index in [2.05, 4.69) is 10.5 Å². The first kappa shape index (κ1) is 12.8. The van der Waals surface area contributed by atoms with E-state index in [0.29, 0.717) is 5.71 Å². The zero-order chi connectivity index (χ0) is 13.7. The lowest BCUT2D eigenvalue weighted by atomic mass is 10.1.